The summed E-state index contributed by atoms with van der Waals surface area (Å²) in [5.41, 5.74) is 5.50. The van der Waals surface area contributed by atoms with Crippen molar-refractivity contribution in [2.24, 2.45) is 0 Å². The van der Waals surface area contributed by atoms with E-state index in [2.05, 4.69) is 35.1 Å². The Morgan fingerprint density at radius 3 is 2.68 bits per heavy atom. The summed E-state index contributed by atoms with van der Waals surface area (Å²) in [6.07, 6.45) is 8.32. The number of halogens is 1. The molecule has 9 heteroatoms. The number of nitrogens with one attached hydrogen (secondary N) is 2. The molecule has 1 aromatic carbocycles. The fourth-order valence-corrected chi connectivity index (χ4v) is 3.58. The molecule has 31 heavy (non-hydrogen) atoms. The number of imidazole rings is 1. The Bertz CT molecular complexity index is 1550. The molecular formula is C22H13FN8. The number of H-pyrrole nitrogens is 2. The van der Waals surface area contributed by atoms with Gasteiger partial charge in [0.25, 0.3) is 0 Å². The van der Waals surface area contributed by atoms with Crippen LogP contribution in [0.2, 0.25) is 0 Å². The van der Waals surface area contributed by atoms with E-state index in [9.17, 15) is 4.39 Å². The molecule has 0 aliphatic heterocycles. The molecule has 0 bridgehead atoms. The van der Waals surface area contributed by atoms with Gasteiger partial charge in [-0.05, 0) is 29.8 Å². The zero-order valence-electron chi connectivity index (χ0n) is 15.9. The second-order valence-corrected chi connectivity index (χ2v) is 6.93. The molecule has 0 radical (unpaired) electrons. The van der Waals surface area contributed by atoms with Crippen LogP contribution in [0.1, 0.15) is 0 Å². The first kappa shape index (κ1) is 17.3. The van der Waals surface area contributed by atoms with E-state index in [0.717, 1.165) is 22.1 Å². The lowest BCUT2D eigenvalue weighted by atomic mass is 10.1. The molecule has 8 nitrogen and oxygen atoms in total. The van der Waals surface area contributed by atoms with Crippen molar-refractivity contribution in [3.8, 4) is 33.9 Å². The highest BCUT2D eigenvalue weighted by Gasteiger charge is 2.17. The van der Waals surface area contributed by atoms with Crippen molar-refractivity contribution in [3.05, 3.63) is 73.2 Å². The molecule has 0 saturated carbocycles. The normalized spacial score (nSPS) is 11.4. The van der Waals surface area contributed by atoms with Gasteiger partial charge in [0.15, 0.2) is 17.1 Å². The number of aromatic nitrogens is 8. The molecule has 0 fully saturated rings. The standard InChI is InChI=1S/C22H13FN8/c23-14-3-1-2-12(8-14)15-4-5-26-21-18(15)28-22(29-21)19-16-9-13(10-27-20(16)31-30-19)17-11-24-6-7-25-17/h1-11H,(H,26,28,29)(H,27,30,31). The maximum Gasteiger partial charge on any atom is 0.161 e. The van der Waals surface area contributed by atoms with E-state index in [0.29, 0.717) is 34.0 Å². The van der Waals surface area contributed by atoms with E-state index < -0.39 is 0 Å². The highest BCUT2D eigenvalue weighted by molar-refractivity contribution is 5.95. The first-order valence-electron chi connectivity index (χ1n) is 9.48. The average molecular weight is 408 g/mol. The minimum absolute atomic E-state index is 0.306. The van der Waals surface area contributed by atoms with Crippen LogP contribution in [-0.2, 0) is 0 Å². The summed E-state index contributed by atoms with van der Waals surface area (Å²) in [4.78, 5) is 25.2. The molecule has 5 heterocycles. The second kappa shape index (κ2) is 6.77. The number of fused-ring (bicyclic) bond motifs is 2. The topological polar surface area (TPSA) is 109 Å². The molecule has 0 saturated heterocycles. The summed E-state index contributed by atoms with van der Waals surface area (Å²) in [5.74, 6) is 0.231. The van der Waals surface area contributed by atoms with Gasteiger partial charge >= 0.3 is 0 Å². The van der Waals surface area contributed by atoms with Crippen molar-refractivity contribution in [2.45, 2.75) is 0 Å². The third kappa shape index (κ3) is 2.91. The number of nitrogens with zero attached hydrogens (tertiary/aromatic N) is 6. The lowest BCUT2D eigenvalue weighted by Crippen LogP contribution is -1.87. The molecule has 6 rings (SSSR count). The van der Waals surface area contributed by atoms with Crippen molar-refractivity contribution in [1.82, 2.24) is 40.1 Å². The molecule has 0 atom stereocenters. The first-order valence-corrected chi connectivity index (χ1v) is 9.48. The van der Waals surface area contributed by atoms with Gasteiger partial charge in [0, 0.05) is 35.9 Å². The van der Waals surface area contributed by atoms with E-state index in [1.165, 1.54) is 12.1 Å². The molecule has 0 unspecified atom stereocenters. The van der Waals surface area contributed by atoms with Crippen LogP contribution >= 0.6 is 0 Å². The summed E-state index contributed by atoms with van der Waals surface area (Å²) in [7, 11) is 0. The van der Waals surface area contributed by atoms with Crippen molar-refractivity contribution < 1.29 is 4.39 Å². The Balaban J connectivity index is 1.52. The third-order valence-electron chi connectivity index (χ3n) is 5.02. The Morgan fingerprint density at radius 1 is 0.839 bits per heavy atom. The van der Waals surface area contributed by atoms with Crippen molar-refractivity contribution in [3.63, 3.8) is 0 Å². The summed E-state index contributed by atoms with van der Waals surface area (Å²) in [6, 6.07) is 10.2. The van der Waals surface area contributed by atoms with Crippen LogP contribution in [0, 0.1) is 5.82 Å². The van der Waals surface area contributed by atoms with E-state index in [4.69, 9.17) is 4.98 Å². The van der Waals surface area contributed by atoms with Crippen LogP contribution < -0.4 is 0 Å². The summed E-state index contributed by atoms with van der Waals surface area (Å²) in [6.45, 7) is 0. The molecule has 0 aliphatic rings. The molecule has 148 valence electrons. The van der Waals surface area contributed by atoms with E-state index >= 15 is 0 Å². The zero-order valence-corrected chi connectivity index (χ0v) is 15.9. The first-order chi connectivity index (χ1) is 15.3. The van der Waals surface area contributed by atoms with Crippen LogP contribution in [-0.4, -0.2) is 40.1 Å². The van der Waals surface area contributed by atoms with Gasteiger partial charge < -0.3 is 4.98 Å². The van der Waals surface area contributed by atoms with Gasteiger partial charge in [-0.1, -0.05) is 12.1 Å². The van der Waals surface area contributed by atoms with Crippen LogP contribution in [0.25, 0.3) is 56.1 Å². The van der Waals surface area contributed by atoms with Crippen molar-refractivity contribution in [2.75, 3.05) is 0 Å². The third-order valence-corrected chi connectivity index (χ3v) is 5.02. The number of benzene rings is 1. The second-order valence-electron chi connectivity index (χ2n) is 6.93. The fourth-order valence-electron chi connectivity index (χ4n) is 3.58. The number of aromatic amines is 2. The summed E-state index contributed by atoms with van der Waals surface area (Å²) < 4.78 is 13.8. The minimum Gasteiger partial charge on any atom is -0.321 e. The van der Waals surface area contributed by atoms with Crippen LogP contribution in [0.15, 0.2) is 67.4 Å². The predicted octanol–water partition coefficient (Wildman–Crippen LogP) is 4.16. The van der Waals surface area contributed by atoms with Gasteiger partial charge in [-0.25, -0.2) is 19.3 Å². The predicted molar refractivity (Wildman–Crippen MR) is 113 cm³/mol. The van der Waals surface area contributed by atoms with Gasteiger partial charge in [-0.15, -0.1) is 0 Å². The smallest absolute Gasteiger partial charge is 0.161 e. The molecular weight excluding hydrogens is 395 g/mol. The van der Waals surface area contributed by atoms with E-state index in [-0.39, 0.29) is 5.82 Å². The summed E-state index contributed by atoms with van der Waals surface area (Å²) >= 11 is 0. The fraction of sp³-hybridized carbons (Fsp3) is 0. The van der Waals surface area contributed by atoms with Crippen molar-refractivity contribution >= 4 is 22.2 Å². The van der Waals surface area contributed by atoms with Gasteiger partial charge in [-0.2, -0.15) is 5.10 Å². The maximum absolute atomic E-state index is 13.8. The van der Waals surface area contributed by atoms with Crippen LogP contribution in [0.3, 0.4) is 0 Å². The number of hydrogen-bond donors (Lipinski definition) is 2. The van der Waals surface area contributed by atoms with E-state index in [1.54, 1.807) is 37.1 Å². The number of pyridine rings is 2. The molecule has 6 aromatic rings. The Morgan fingerprint density at radius 2 is 1.81 bits per heavy atom. The molecule has 0 spiro atoms. The molecule has 0 aliphatic carbocycles. The quantitative estimate of drug-likeness (QED) is 0.455. The highest BCUT2D eigenvalue weighted by atomic mass is 19.1. The number of hydrogen-bond acceptors (Lipinski definition) is 6. The summed E-state index contributed by atoms with van der Waals surface area (Å²) in [5, 5.41) is 8.13. The highest BCUT2D eigenvalue weighted by Crippen LogP contribution is 2.31. The minimum atomic E-state index is -0.306. The Labute approximate surface area is 174 Å². The monoisotopic (exact) mass is 408 g/mol. The largest absolute Gasteiger partial charge is 0.321 e. The van der Waals surface area contributed by atoms with Crippen LogP contribution in [0.4, 0.5) is 4.39 Å². The Hall–Kier alpha value is -4.53. The molecule has 2 N–H and O–H groups in total. The van der Waals surface area contributed by atoms with Crippen LogP contribution in [0.5, 0.6) is 0 Å². The lowest BCUT2D eigenvalue weighted by molar-refractivity contribution is 0.628. The maximum atomic E-state index is 13.8. The lowest BCUT2D eigenvalue weighted by Gasteiger charge is -2.01. The van der Waals surface area contributed by atoms with Gasteiger partial charge in [0.2, 0.25) is 0 Å². The average Bonchev–Trinajstić information content (AvgIpc) is 3.43. The van der Waals surface area contributed by atoms with E-state index in [1.807, 2.05) is 18.2 Å². The zero-order chi connectivity index (χ0) is 20.8. The molecule has 0 amide bonds. The van der Waals surface area contributed by atoms with Crippen molar-refractivity contribution in [1.29, 1.82) is 0 Å². The number of rotatable bonds is 3. The Kier molecular flexibility index (Phi) is 3.79. The molecule has 5 aromatic heterocycles. The van der Waals surface area contributed by atoms with Gasteiger partial charge in [-0.3, -0.25) is 15.1 Å². The SMILES string of the molecule is Fc1cccc(-c2ccnc3[nH]c(-c4n[nH]c5ncc(-c6cnccn6)cc45)nc23)c1. The van der Waals surface area contributed by atoms with Gasteiger partial charge in [0.05, 0.1) is 17.3 Å². The van der Waals surface area contributed by atoms with Gasteiger partial charge in [0.1, 0.15) is 17.0 Å².